The van der Waals surface area contributed by atoms with E-state index in [0.29, 0.717) is 22.9 Å². The minimum absolute atomic E-state index is 0.0291. The van der Waals surface area contributed by atoms with Gasteiger partial charge in [-0.05, 0) is 54.5 Å². The monoisotopic (exact) mass is 434 g/mol. The van der Waals surface area contributed by atoms with E-state index in [4.69, 9.17) is 4.74 Å². The Morgan fingerprint density at radius 3 is 2.75 bits per heavy atom. The van der Waals surface area contributed by atoms with E-state index < -0.39 is 17.2 Å². The third-order valence-electron chi connectivity index (χ3n) is 5.24. The molecule has 1 amide bonds. The molecule has 3 heterocycles. The van der Waals surface area contributed by atoms with Crippen molar-refractivity contribution in [1.82, 2.24) is 34.7 Å². The van der Waals surface area contributed by atoms with Gasteiger partial charge in [-0.25, -0.2) is 9.78 Å². The maximum absolute atomic E-state index is 12.9. The molecule has 32 heavy (non-hydrogen) atoms. The van der Waals surface area contributed by atoms with Crippen LogP contribution in [0.2, 0.25) is 0 Å². The van der Waals surface area contributed by atoms with Crippen LogP contribution in [0.5, 0.6) is 5.75 Å². The maximum atomic E-state index is 12.9. The number of fused-ring (bicyclic) bond motifs is 1. The zero-order chi connectivity index (χ0) is 22.4. The minimum atomic E-state index is -0.579. The van der Waals surface area contributed by atoms with Crippen LogP contribution >= 0.6 is 0 Å². The Labute approximate surface area is 179 Å². The number of amides is 1. The highest BCUT2D eigenvalue weighted by molar-refractivity contribution is 6.05. The summed E-state index contributed by atoms with van der Waals surface area (Å²) in [6, 6.07) is 6.49. The van der Waals surface area contributed by atoms with Gasteiger partial charge in [0.05, 0.1) is 18.1 Å². The summed E-state index contributed by atoms with van der Waals surface area (Å²) in [6.07, 6.45) is 3.06. The molecular formula is C20H18N8O4. The van der Waals surface area contributed by atoms with Crippen LogP contribution in [0, 0.1) is 6.92 Å². The largest absolute Gasteiger partial charge is 0.494 e. The topological polar surface area (TPSA) is 150 Å². The fourth-order valence-corrected chi connectivity index (χ4v) is 3.52. The fourth-order valence-electron chi connectivity index (χ4n) is 3.52. The van der Waals surface area contributed by atoms with Gasteiger partial charge in [-0.2, -0.15) is 4.68 Å². The predicted molar refractivity (Wildman–Crippen MR) is 113 cm³/mol. The van der Waals surface area contributed by atoms with Crippen molar-refractivity contribution in [1.29, 1.82) is 0 Å². The first kappa shape index (κ1) is 19.6. The van der Waals surface area contributed by atoms with Crippen LogP contribution in [0.4, 0.5) is 5.69 Å². The van der Waals surface area contributed by atoms with Crippen LogP contribution in [0.3, 0.4) is 0 Å². The summed E-state index contributed by atoms with van der Waals surface area (Å²) >= 11 is 0. The van der Waals surface area contributed by atoms with E-state index in [1.54, 1.807) is 25.1 Å². The second-order valence-electron chi connectivity index (χ2n) is 7.43. The Kier molecular flexibility index (Phi) is 4.54. The van der Waals surface area contributed by atoms with Crippen molar-refractivity contribution in [2.75, 3.05) is 12.4 Å². The highest BCUT2D eigenvalue weighted by Gasteiger charge is 2.28. The summed E-state index contributed by atoms with van der Waals surface area (Å²) in [5.41, 5.74) is 0.411. The van der Waals surface area contributed by atoms with Gasteiger partial charge >= 0.3 is 5.69 Å². The van der Waals surface area contributed by atoms with Crippen molar-refractivity contribution >= 4 is 22.6 Å². The Morgan fingerprint density at radius 2 is 2.06 bits per heavy atom. The van der Waals surface area contributed by atoms with Gasteiger partial charge in [0, 0.05) is 17.9 Å². The molecule has 0 aliphatic heterocycles. The number of aryl methyl sites for hydroxylation is 1. The highest BCUT2D eigenvalue weighted by atomic mass is 16.5. The number of carbonyl (C=O) groups is 1. The molecule has 0 atom stereocenters. The number of hydrogen-bond donors (Lipinski definition) is 2. The summed E-state index contributed by atoms with van der Waals surface area (Å²) in [6.45, 7) is 1.74. The zero-order valence-corrected chi connectivity index (χ0v) is 17.2. The molecule has 0 bridgehead atoms. The third kappa shape index (κ3) is 3.31. The molecule has 12 heteroatoms. The molecule has 1 saturated carbocycles. The first-order valence-electron chi connectivity index (χ1n) is 9.85. The van der Waals surface area contributed by atoms with Gasteiger partial charge in [0.2, 0.25) is 0 Å². The van der Waals surface area contributed by atoms with Gasteiger partial charge < -0.3 is 10.1 Å². The van der Waals surface area contributed by atoms with Crippen molar-refractivity contribution < 1.29 is 9.53 Å². The molecule has 162 valence electrons. The first-order chi connectivity index (χ1) is 15.5. The van der Waals surface area contributed by atoms with Crippen molar-refractivity contribution in [3.05, 3.63) is 62.7 Å². The number of H-pyrrole nitrogens is 1. The van der Waals surface area contributed by atoms with Gasteiger partial charge in [-0.1, -0.05) is 0 Å². The van der Waals surface area contributed by atoms with Gasteiger partial charge in [-0.15, -0.1) is 5.10 Å². The van der Waals surface area contributed by atoms with Gasteiger partial charge in [-0.3, -0.25) is 19.1 Å². The summed E-state index contributed by atoms with van der Waals surface area (Å²) in [7, 11) is 1.52. The van der Waals surface area contributed by atoms with Crippen LogP contribution in [-0.4, -0.2) is 47.8 Å². The standard InChI is InChI=1S/C20H18N8O4/c1-10-24-25-26-28(10)15-8-12(3-6-16(15)32-2)22-18(29)11-7-14-17(21-9-11)27(13-4-5-13)20(31)23-19(14)30/h3,6-9,13H,4-5H2,1-2H3,(H,22,29)(H,23,30,31). The lowest BCUT2D eigenvalue weighted by Crippen LogP contribution is -2.30. The smallest absolute Gasteiger partial charge is 0.330 e. The van der Waals surface area contributed by atoms with E-state index in [1.807, 2.05) is 0 Å². The lowest BCUT2D eigenvalue weighted by Gasteiger charge is -2.12. The summed E-state index contributed by atoms with van der Waals surface area (Å²) in [5.74, 6) is 0.606. The average Bonchev–Trinajstić information content (AvgIpc) is 3.52. The Balaban J connectivity index is 1.50. The Hall–Kier alpha value is -4.35. The number of aromatic amines is 1. The summed E-state index contributed by atoms with van der Waals surface area (Å²) in [5, 5.41) is 14.4. The van der Waals surface area contributed by atoms with Crippen LogP contribution in [0.1, 0.15) is 35.1 Å². The number of aromatic nitrogens is 7. The van der Waals surface area contributed by atoms with Crippen molar-refractivity contribution in [2.45, 2.75) is 25.8 Å². The zero-order valence-electron chi connectivity index (χ0n) is 17.2. The molecule has 0 saturated heterocycles. The van der Waals surface area contributed by atoms with Crippen LogP contribution < -0.4 is 21.3 Å². The fraction of sp³-hybridized carbons (Fsp3) is 0.250. The SMILES string of the molecule is COc1ccc(NC(=O)c2cnc3c(c2)c(=O)[nH]c(=O)n3C2CC2)cc1-n1nnnc1C. The lowest BCUT2D eigenvalue weighted by molar-refractivity contribution is 0.102. The normalized spacial score (nSPS) is 13.3. The molecule has 1 aliphatic rings. The molecule has 1 fully saturated rings. The Bertz CT molecular complexity index is 1480. The van der Waals surface area contributed by atoms with Gasteiger partial charge in [0.1, 0.15) is 17.1 Å². The van der Waals surface area contributed by atoms with Crippen molar-refractivity contribution in [3.63, 3.8) is 0 Å². The number of ether oxygens (including phenoxy) is 1. The molecule has 0 radical (unpaired) electrons. The number of nitrogens with one attached hydrogen (secondary N) is 2. The van der Waals surface area contributed by atoms with E-state index in [-0.39, 0.29) is 22.6 Å². The number of rotatable bonds is 5. The van der Waals surface area contributed by atoms with E-state index in [9.17, 15) is 14.4 Å². The van der Waals surface area contributed by atoms with Crippen molar-refractivity contribution in [2.24, 2.45) is 0 Å². The second kappa shape index (κ2) is 7.41. The van der Waals surface area contributed by atoms with E-state index >= 15 is 0 Å². The van der Waals surface area contributed by atoms with Crippen LogP contribution in [-0.2, 0) is 0 Å². The van der Waals surface area contributed by atoms with Crippen molar-refractivity contribution in [3.8, 4) is 11.4 Å². The molecular weight excluding hydrogens is 416 g/mol. The number of benzene rings is 1. The summed E-state index contributed by atoms with van der Waals surface area (Å²) < 4.78 is 8.33. The molecule has 1 aromatic carbocycles. The predicted octanol–water partition coefficient (Wildman–Crippen LogP) is 0.965. The highest BCUT2D eigenvalue weighted by Crippen LogP contribution is 2.34. The van der Waals surface area contributed by atoms with Crippen LogP contribution in [0.15, 0.2) is 40.1 Å². The minimum Gasteiger partial charge on any atom is -0.494 e. The molecule has 0 unspecified atom stereocenters. The number of methoxy groups -OCH3 is 1. The number of hydrogen-bond acceptors (Lipinski definition) is 8. The molecule has 3 aromatic heterocycles. The average molecular weight is 434 g/mol. The number of anilines is 1. The second-order valence-corrected chi connectivity index (χ2v) is 7.43. The molecule has 1 aliphatic carbocycles. The quantitative estimate of drug-likeness (QED) is 0.472. The molecule has 2 N–H and O–H groups in total. The summed E-state index contributed by atoms with van der Waals surface area (Å²) in [4.78, 5) is 43.9. The van der Waals surface area contributed by atoms with E-state index in [2.05, 4.69) is 30.8 Å². The number of tetrazole rings is 1. The van der Waals surface area contributed by atoms with Gasteiger partial charge in [0.25, 0.3) is 11.5 Å². The molecule has 5 rings (SSSR count). The lowest BCUT2D eigenvalue weighted by atomic mass is 10.2. The number of nitrogens with zero attached hydrogens (tertiary/aromatic N) is 6. The third-order valence-corrected chi connectivity index (χ3v) is 5.24. The molecule has 0 spiro atoms. The Morgan fingerprint density at radius 1 is 1.25 bits per heavy atom. The maximum Gasteiger partial charge on any atom is 0.330 e. The molecule has 12 nitrogen and oxygen atoms in total. The van der Waals surface area contributed by atoms with E-state index in [0.717, 1.165) is 12.8 Å². The number of pyridine rings is 1. The first-order valence-corrected chi connectivity index (χ1v) is 9.85. The number of carbonyl (C=O) groups excluding carboxylic acids is 1. The van der Waals surface area contributed by atoms with E-state index in [1.165, 1.54) is 28.6 Å². The van der Waals surface area contributed by atoms with Gasteiger partial charge in [0.15, 0.2) is 5.82 Å². The van der Waals surface area contributed by atoms with Crippen LogP contribution in [0.25, 0.3) is 16.7 Å². The molecule has 4 aromatic rings.